The number of allylic oxidation sites excluding steroid dienone is 5. The molecule has 0 aromatic carbocycles. The second kappa shape index (κ2) is 77.5. The average molecular weight is 1240 g/mol. The van der Waals surface area contributed by atoms with Crippen molar-refractivity contribution in [2.75, 3.05) is 13.2 Å². The van der Waals surface area contributed by atoms with Crippen LogP contribution in [0, 0.1) is 0 Å². The number of carbonyl (C=O) groups excluding carboxylic acids is 2. The molecular weight excluding hydrogens is 1080 g/mol. The van der Waals surface area contributed by atoms with Gasteiger partial charge in [-0.25, -0.2) is 0 Å². The average Bonchev–Trinajstić information content (AvgIpc) is 3.58. The van der Waals surface area contributed by atoms with E-state index < -0.39 is 12.1 Å². The third-order valence-corrected chi connectivity index (χ3v) is 18.9. The fourth-order valence-corrected chi connectivity index (χ4v) is 12.8. The van der Waals surface area contributed by atoms with Gasteiger partial charge in [0.1, 0.15) is 0 Å². The Kier molecular flexibility index (Phi) is 75.8. The summed E-state index contributed by atoms with van der Waals surface area (Å²) in [6.07, 6.45) is 101. The largest absolute Gasteiger partial charge is 0.466 e. The molecule has 88 heavy (non-hydrogen) atoms. The van der Waals surface area contributed by atoms with E-state index in [0.29, 0.717) is 19.4 Å². The molecule has 520 valence electrons. The minimum Gasteiger partial charge on any atom is -0.466 e. The molecule has 3 N–H and O–H groups in total. The first-order valence-electron chi connectivity index (χ1n) is 40.3. The number of rotatable bonds is 76. The first-order valence-corrected chi connectivity index (χ1v) is 40.3. The molecule has 0 fully saturated rings. The number of amides is 1. The van der Waals surface area contributed by atoms with Crippen LogP contribution >= 0.6 is 0 Å². The molecule has 0 saturated carbocycles. The number of carbonyl (C=O) groups is 2. The van der Waals surface area contributed by atoms with Gasteiger partial charge in [-0.05, 0) is 64.2 Å². The van der Waals surface area contributed by atoms with Crippen molar-refractivity contribution in [3.05, 3.63) is 36.5 Å². The van der Waals surface area contributed by atoms with Crippen LogP contribution in [0.2, 0.25) is 0 Å². The molecule has 0 aliphatic rings. The first kappa shape index (κ1) is 86.1. The SMILES string of the molecule is CCCCCCCCCCCCCCCCCCCCCCCC/C=C/C(O)C(CO)NC(=O)CCCCCCCCCCCCCCCCC/C=C\C/C=C\CCCCCCCCCCCOC(=O)CCCCCCCCCCCCCCCCCC. The maximum atomic E-state index is 12.6. The van der Waals surface area contributed by atoms with Crippen molar-refractivity contribution < 1.29 is 24.5 Å². The van der Waals surface area contributed by atoms with Crippen molar-refractivity contribution in [2.45, 2.75) is 463 Å². The Labute approximate surface area is 551 Å². The molecule has 1 amide bonds. The quantitative estimate of drug-likeness (QED) is 0.0320. The van der Waals surface area contributed by atoms with Gasteiger partial charge in [0.2, 0.25) is 5.91 Å². The summed E-state index contributed by atoms with van der Waals surface area (Å²) in [4.78, 5) is 24.7. The highest BCUT2D eigenvalue weighted by Gasteiger charge is 2.18. The summed E-state index contributed by atoms with van der Waals surface area (Å²) < 4.78 is 5.50. The van der Waals surface area contributed by atoms with Gasteiger partial charge in [0.25, 0.3) is 0 Å². The molecule has 0 aliphatic carbocycles. The van der Waals surface area contributed by atoms with Gasteiger partial charge in [-0.2, -0.15) is 0 Å². The van der Waals surface area contributed by atoms with Crippen LogP contribution in [0.5, 0.6) is 0 Å². The number of aliphatic hydroxyl groups excluding tert-OH is 2. The van der Waals surface area contributed by atoms with Gasteiger partial charge in [0.15, 0.2) is 0 Å². The number of hydrogen-bond acceptors (Lipinski definition) is 5. The van der Waals surface area contributed by atoms with Crippen molar-refractivity contribution in [1.29, 1.82) is 0 Å². The topological polar surface area (TPSA) is 95.9 Å². The lowest BCUT2D eigenvalue weighted by molar-refractivity contribution is -0.143. The van der Waals surface area contributed by atoms with Crippen molar-refractivity contribution in [3.8, 4) is 0 Å². The molecule has 6 heteroatoms. The molecule has 2 unspecified atom stereocenters. The van der Waals surface area contributed by atoms with E-state index in [1.54, 1.807) is 6.08 Å². The number of hydrogen-bond donors (Lipinski definition) is 3. The van der Waals surface area contributed by atoms with Gasteiger partial charge in [0, 0.05) is 12.8 Å². The molecule has 0 aromatic heterocycles. The van der Waals surface area contributed by atoms with Crippen LogP contribution in [0.4, 0.5) is 0 Å². The Balaban J connectivity index is 3.41. The summed E-state index contributed by atoms with van der Waals surface area (Å²) >= 11 is 0. The second-order valence-electron chi connectivity index (χ2n) is 27.8. The molecule has 0 saturated heterocycles. The van der Waals surface area contributed by atoms with Crippen molar-refractivity contribution in [2.24, 2.45) is 0 Å². The van der Waals surface area contributed by atoms with Gasteiger partial charge < -0.3 is 20.3 Å². The zero-order valence-corrected chi connectivity index (χ0v) is 59.7. The van der Waals surface area contributed by atoms with Crippen LogP contribution in [0.25, 0.3) is 0 Å². The summed E-state index contributed by atoms with van der Waals surface area (Å²) in [5.41, 5.74) is 0. The highest BCUT2D eigenvalue weighted by atomic mass is 16.5. The highest BCUT2D eigenvalue weighted by molar-refractivity contribution is 5.76. The molecule has 0 aliphatic heterocycles. The minimum absolute atomic E-state index is 0.0172. The zero-order valence-electron chi connectivity index (χ0n) is 59.7. The Bertz CT molecular complexity index is 1430. The lowest BCUT2D eigenvalue weighted by Gasteiger charge is -2.20. The van der Waals surface area contributed by atoms with Gasteiger partial charge in [0.05, 0.1) is 25.4 Å². The van der Waals surface area contributed by atoms with Crippen molar-refractivity contribution in [3.63, 3.8) is 0 Å². The van der Waals surface area contributed by atoms with E-state index in [1.165, 1.54) is 379 Å². The van der Waals surface area contributed by atoms with Gasteiger partial charge in [-0.15, -0.1) is 0 Å². The lowest BCUT2D eigenvalue weighted by atomic mass is 10.0. The van der Waals surface area contributed by atoms with E-state index >= 15 is 0 Å². The predicted molar refractivity (Wildman–Crippen MR) is 389 cm³/mol. The van der Waals surface area contributed by atoms with Crippen molar-refractivity contribution >= 4 is 11.9 Å². The van der Waals surface area contributed by atoms with Crippen molar-refractivity contribution in [1.82, 2.24) is 5.32 Å². The molecule has 0 spiro atoms. The first-order chi connectivity index (χ1) is 43.5. The van der Waals surface area contributed by atoms with Crippen LogP contribution in [0.3, 0.4) is 0 Å². The van der Waals surface area contributed by atoms with Crippen LogP contribution in [-0.2, 0) is 14.3 Å². The monoisotopic (exact) mass is 1240 g/mol. The number of unbranched alkanes of at least 4 members (excludes halogenated alkanes) is 61. The van der Waals surface area contributed by atoms with E-state index in [2.05, 4.69) is 43.5 Å². The molecule has 0 radical (unpaired) electrons. The maximum Gasteiger partial charge on any atom is 0.305 e. The fourth-order valence-electron chi connectivity index (χ4n) is 12.8. The second-order valence-corrected chi connectivity index (χ2v) is 27.8. The fraction of sp³-hybridized carbons (Fsp3) is 0.902. The van der Waals surface area contributed by atoms with Gasteiger partial charge in [-0.1, -0.05) is 410 Å². The Morgan fingerprint density at radius 2 is 0.568 bits per heavy atom. The minimum atomic E-state index is -0.846. The van der Waals surface area contributed by atoms with E-state index in [1.807, 2.05) is 6.08 Å². The van der Waals surface area contributed by atoms with Gasteiger partial charge >= 0.3 is 5.97 Å². The normalized spacial score (nSPS) is 12.6. The number of nitrogens with one attached hydrogen (secondary N) is 1. The lowest BCUT2D eigenvalue weighted by Crippen LogP contribution is -2.45. The zero-order chi connectivity index (χ0) is 63.5. The van der Waals surface area contributed by atoms with E-state index in [9.17, 15) is 19.8 Å². The molecule has 2 atom stereocenters. The molecule has 0 heterocycles. The molecule has 6 nitrogen and oxygen atoms in total. The molecule has 0 aromatic rings. The molecule has 0 bridgehead atoms. The van der Waals surface area contributed by atoms with Crippen LogP contribution < -0.4 is 5.32 Å². The van der Waals surface area contributed by atoms with Gasteiger partial charge in [-0.3, -0.25) is 9.59 Å². The predicted octanol–water partition coefficient (Wildman–Crippen LogP) is 26.6. The summed E-state index contributed by atoms with van der Waals surface area (Å²) in [6.45, 7) is 4.96. The third-order valence-electron chi connectivity index (χ3n) is 18.9. The standard InChI is InChI=1S/C82H157NO5/c1-3-5-7-9-11-13-15-17-19-21-22-23-24-34-37-40-43-46-50-54-58-62-66-70-74-80(85)79(78-84)83-81(86)75-71-67-63-59-55-51-47-44-41-38-35-32-30-28-26-25-27-29-31-33-36-39-42-45-49-53-57-61-65-69-73-77-88-82(87)76-72-68-64-60-56-52-48-20-18-16-14-12-10-8-6-4-2/h27,29,33,36,70,74,79-80,84-85H,3-26,28,30-32,34-35,37-69,71-73,75-78H2,1-2H3,(H,83,86)/b29-27-,36-33-,74-70+. The summed E-state index contributed by atoms with van der Waals surface area (Å²) in [7, 11) is 0. The molecule has 0 rings (SSSR count). The van der Waals surface area contributed by atoms with E-state index in [0.717, 1.165) is 44.9 Å². The summed E-state index contributed by atoms with van der Waals surface area (Å²) in [5.74, 6) is -0.0452. The van der Waals surface area contributed by atoms with E-state index in [4.69, 9.17) is 4.74 Å². The number of ether oxygens (including phenoxy) is 1. The van der Waals surface area contributed by atoms with Crippen LogP contribution in [0.15, 0.2) is 36.5 Å². The smallest absolute Gasteiger partial charge is 0.305 e. The number of esters is 1. The Hall–Kier alpha value is -1.92. The van der Waals surface area contributed by atoms with Crippen LogP contribution in [-0.4, -0.2) is 47.4 Å². The summed E-state index contributed by atoms with van der Waals surface area (Å²) in [5, 5.41) is 23.3. The van der Waals surface area contributed by atoms with E-state index in [-0.39, 0.29) is 18.5 Å². The Morgan fingerprint density at radius 3 is 0.864 bits per heavy atom. The molecular formula is C82H157NO5. The Morgan fingerprint density at radius 1 is 0.318 bits per heavy atom. The highest BCUT2D eigenvalue weighted by Crippen LogP contribution is 2.20. The van der Waals surface area contributed by atoms with Crippen LogP contribution in [0.1, 0.15) is 450 Å². The third kappa shape index (κ3) is 73.1. The number of aliphatic hydroxyl groups is 2. The maximum absolute atomic E-state index is 12.6. The summed E-state index contributed by atoms with van der Waals surface area (Å²) in [6, 6.07) is -0.629.